The van der Waals surface area contributed by atoms with Gasteiger partial charge in [0, 0.05) is 6.42 Å². The number of aromatic nitrogens is 3. The first-order valence-electron chi connectivity index (χ1n) is 4.70. The SMILES string of the molecule is OC[C@H]1O[C@@H](c2cn[nH]n2)C[C@@H](O)[C@@H]1O. The molecule has 0 spiro atoms. The molecule has 4 N–H and O–H groups in total. The summed E-state index contributed by atoms with van der Waals surface area (Å²) in [5.74, 6) is 0. The van der Waals surface area contributed by atoms with E-state index in [1.54, 1.807) is 0 Å². The van der Waals surface area contributed by atoms with Crippen LogP contribution in [-0.4, -0.2) is 55.6 Å². The van der Waals surface area contributed by atoms with Crippen molar-refractivity contribution in [3.63, 3.8) is 0 Å². The molecule has 2 rings (SSSR count). The smallest absolute Gasteiger partial charge is 0.111 e. The molecule has 1 aliphatic rings. The molecule has 4 atom stereocenters. The molecule has 15 heavy (non-hydrogen) atoms. The summed E-state index contributed by atoms with van der Waals surface area (Å²) in [6, 6.07) is 0. The van der Waals surface area contributed by atoms with E-state index in [1.807, 2.05) is 0 Å². The molecule has 7 heteroatoms. The third kappa shape index (κ3) is 2.00. The zero-order chi connectivity index (χ0) is 10.8. The maximum absolute atomic E-state index is 9.55. The molecule has 1 aromatic rings. The Morgan fingerprint density at radius 2 is 2.33 bits per heavy atom. The second kappa shape index (κ2) is 4.23. The van der Waals surface area contributed by atoms with Crippen molar-refractivity contribution in [2.45, 2.75) is 30.8 Å². The molecule has 1 aromatic heterocycles. The van der Waals surface area contributed by atoms with Gasteiger partial charge < -0.3 is 20.1 Å². The average Bonchev–Trinajstić information content (AvgIpc) is 2.75. The molecular weight excluding hydrogens is 202 g/mol. The first kappa shape index (κ1) is 10.5. The molecule has 0 saturated carbocycles. The lowest BCUT2D eigenvalue weighted by Gasteiger charge is -2.35. The number of nitrogens with zero attached hydrogens (tertiary/aromatic N) is 2. The predicted octanol–water partition coefficient (Wildman–Crippen LogP) is -1.65. The van der Waals surface area contributed by atoms with Crippen LogP contribution >= 0.6 is 0 Å². The van der Waals surface area contributed by atoms with Crippen LogP contribution in [0.25, 0.3) is 0 Å². The highest BCUT2D eigenvalue weighted by Crippen LogP contribution is 2.29. The quantitative estimate of drug-likeness (QED) is 0.470. The van der Waals surface area contributed by atoms with E-state index in [-0.39, 0.29) is 13.0 Å². The number of H-pyrrole nitrogens is 1. The van der Waals surface area contributed by atoms with E-state index in [9.17, 15) is 10.2 Å². The monoisotopic (exact) mass is 215 g/mol. The predicted molar refractivity (Wildman–Crippen MR) is 47.7 cm³/mol. The fourth-order valence-corrected chi connectivity index (χ4v) is 1.66. The van der Waals surface area contributed by atoms with Gasteiger partial charge in [-0.3, -0.25) is 0 Å². The van der Waals surface area contributed by atoms with Crippen LogP contribution in [0.2, 0.25) is 0 Å². The van der Waals surface area contributed by atoms with Crippen molar-refractivity contribution in [1.82, 2.24) is 15.4 Å². The highest BCUT2D eigenvalue weighted by atomic mass is 16.5. The molecule has 0 aliphatic carbocycles. The van der Waals surface area contributed by atoms with Crippen molar-refractivity contribution in [2.75, 3.05) is 6.61 Å². The van der Waals surface area contributed by atoms with E-state index in [0.717, 1.165) is 0 Å². The van der Waals surface area contributed by atoms with Gasteiger partial charge in [0.1, 0.15) is 24.0 Å². The van der Waals surface area contributed by atoms with E-state index in [1.165, 1.54) is 6.20 Å². The molecule has 0 unspecified atom stereocenters. The van der Waals surface area contributed by atoms with Crippen molar-refractivity contribution in [3.05, 3.63) is 11.9 Å². The Labute approximate surface area is 85.7 Å². The summed E-state index contributed by atoms with van der Waals surface area (Å²) in [4.78, 5) is 0. The molecular formula is C8H13N3O4. The zero-order valence-electron chi connectivity index (χ0n) is 7.95. The van der Waals surface area contributed by atoms with E-state index < -0.39 is 24.4 Å². The van der Waals surface area contributed by atoms with Gasteiger partial charge in [-0.25, -0.2) is 0 Å². The van der Waals surface area contributed by atoms with E-state index in [2.05, 4.69) is 15.4 Å². The first-order chi connectivity index (χ1) is 7.22. The molecule has 1 aliphatic heterocycles. The number of hydrogen-bond acceptors (Lipinski definition) is 6. The van der Waals surface area contributed by atoms with E-state index in [4.69, 9.17) is 9.84 Å². The number of aliphatic hydroxyl groups excluding tert-OH is 3. The van der Waals surface area contributed by atoms with Crippen LogP contribution < -0.4 is 0 Å². The van der Waals surface area contributed by atoms with Gasteiger partial charge in [-0.1, -0.05) is 0 Å². The maximum atomic E-state index is 9.55. The largest absolute Gasteiger partial charge is 0.394 e. The molecule has 1 fully saturated rings. The minimum Gasteiger partial charge on any atom is -0.394 e. The molecule has 0 amide bonds. The van der Waals surface area contributed by atoms with Gasteiger partial charge in [0.15, 0.2) is 0 Å². The number of hydrogen-bond donors (Lipinski definition) is 4. The summed E-state index contributed by atoms with van der Waals surface area (Å²) in [7, 11) is 0. The molecule has 1 saturated heterocycles. The Kier molecular flexibility index (Phi) is 2.96. The molecule has 2 heterocycles. The van der Waals surface area contributed by atoms with Crippen LogP contribution in [0, 0.1) is 0 Å². The number of aliphatic hydroxyl groups is 3. The summed E-state index contributed by atoms with van der Waals surface area (Å²) in [6.45, 7) is -0.341. The van der Waals surface area contributed by atoms with Gasteiger partial charge in [0.05, 0.1) is 18.9 Å². The van der Waals surface area contributed by atoms with Crippen molar-refractivity contribution < 1.29 is 20.1 Å². The summed E-state index contributed by atoms with van der Waals surface area (Å²) in [5, 5.41) is 37.9. The van der Waals surface area contributed by atoms with Crippen LogP contribution in [0.1, 0.15) is 18.2 Å². The topological polar surface area (TPSA) is 111 Å². The molecule has 84 valence electrons. The minimum atomic E-state index is -1.06. The van der Waals surface area contributed by atoms with Gasteiger partial charge in [0.2, 0.25) is 0 Å². The summed E-state index contributed by atoms with van der Waals surface area (Å²) in [6.07, 6.45) is -1.47. The zero-order valence-corrected chi connectivity index (χ0v) is 7.95. The fourth-order valence-electron chi connectivity index (χ4n) is 1.66. The van der Waals surface area contributed by atoms with Crippen LogP contribution in [0.4, 0.5) is 0 Å². The number of rotatable bonds is 2. The summed E-state index contributed by atoms with van der Waals surface area (Å²) < 4.78 is 5.38. The van der Waals surface area contributed by atoms with Crippen molar-refractivity contribution in [1.29, 1.82) is 0 Å². The van der Waals surface area contributed by atoms with Crippen molar-refractivity contribution in [2.24, 2.45) is 0 Å². The van der Waals surface area contributed by atoms with Crippen molar-refractivity contribution >= 4 is 0 Å². The minimum absolute atomic E-state index is 0.240. The maximum Gasteiger partial charge on any atom is 0.111 e. The third-order valence-electron chi connectivity index (χ3n) is 2.51. The number of ether oxygens (including phenoxy) is 1. The van der Waals surface area contributed by atoms with Crippen LogP contribution in [0.3, 0.4) is 0 Å². The van der Waals surface area contributed by atoms with Crippen LogP contribution in [-0.2, 0) is 4.74 Å². The number of aromatic amines is 1. The Morgan fingerprint density at radius 1 is 1.53 bits per heavy atom. The highest BCUT2D eigenvalue weighted by Gasteiger charge is 2.37. The van der Waals surface area contributed by atoms with E-state index in [0.29, 0.717) is 5.69 Å². The van der Waals surface area contributed by atoms with Crippen molar-refractivity contribution in [3.8, 4) is 0 Å². The lowest BCUT2D eigenvalue weighted by atomic mass is 9.97. The molecule has 0 radical (unpaired) electrons. The van der Waals surface area contributed by atoms with Gasteiger partial charge >= 0.3 is 0 Å². The lowest BCUT2D eigenvalue weighted by molar-refractivity contribution is -0.182. The highest BCUT2D eigenvalue weighted by molar-refractivity contribution is 5.01. The Balaban J connectivity index is 2.10. The Hall–Kier alpha value is -1.02. The molecule has 0 bridgehead atoms. The Morgan fingerprint density at radius 3 is 2.93 bits per heavy atom. The summed E-state index contributed by atoms with van der Waals surface area (Å²) in [5.41, 5.74) is 0.555. The second-order valence-electron chi connectivity index (χ2n) is 3.53. The van der Waals surface area contributed by atoms with Crippen LogP contribution in [0.5, 0.6) is 0 Å². The van der Waals surface area contributed by atoms with E-state index >= 15 is 0 Å². The molecule has 0 aromatic carbocycles. The van der Waals surface area contributed by atoms with Gasteiger partial charge in [-0.05, 0) is 0 Å². The van der Waals surface area contributed by atoms with Gasteiger partial charge in [-0.15, -0.1) is 0 Å². The summed E-state index contributed by atoms with van der Waals surface area (Å²) >= 11 is 0. The normalized spacial score (nSPS) is 36.7. The standard InChI is InChI=1S/C8H13N3O4/c12-3-7-8(14)5(13)1-6(15-7)4-2-9-11-10-4/h2,5-8,12-14H,1,3H2,(H,9,10,11)/t5-,6-,7-,8+/m1/s1. The number of nitrogens with one attached hydrogen (secondary N) is 1. The Bertz CT molecular complexity index is 305. The van der Waals surface area contributed by atoms with Gasteiger partial charge in [-0.2, -0.15) is 15.4 Å². The average molecular weight is 215 g/mol. The second-order valence-corrected chi connectivity index (χ2v) is 3.53. The lowest BCUT2D eigenvalue weighted by Crippen LogP contribution is -2.47. The van der Waals surface area contributed by atoms with Crippen LogP contribution in [0.15, 0.2) is 6.20 Å². The molecule has 7 nitrogen and oxygen atoms in total. The van der Waals surface area contributed by atoms with Gasteiger partial charge in [0.25, 0.3) is 0 Å². The first-order valence-corrected chi connectivity index (χ1v) is 4.70. The third-order valence-corrected chi connectivity index (χ3v) is 2.51. The fraction of sp³-hybridized carbons (Fsp3) is 0.750.